The molecule has 0 fully saturated rings. The summed E-state index contributed by atoms with van der Waals surface area (Å²) in [6.45, 7) is 0.634. The van der Waals surface area contributed by atoms with Gasteiger partial charge in [-0.25, -0.2) is 4.68 Å². The van der Waals surface area contributed by atoms with E-state index < -0.39 is 0 Å². The number of aromatic nitrogens is 3. The molecular formula is C16H15N3O2. The van der Waals surface area contributed by atoms with Crippen LogP contribution in [0.25, 0.3) is 0 Å². The number of ether oxygens (including phenoxy) is 2. The highest BCUT2D eigenvalue weighted by atomic mass is 16.5. The number of para-hydroxylation sites is 1. The van der Waals surface area contributed by atoms with E-state index in [2.05, 4.69) is 10.3 Å². The summed E-state index contributed by atoms with van der Waals surface area (Å²) in [6, 6.07) is 17.4. The molecule has 0 bridgehead atoms. The minimum atomic E-state index is 0.481. The van der Waals surface area contributed by atoms with Gasteiger partial charge in [-0.05, 0) is 29.8 Å². The predicted molar refractivity (Wildman–Crippen MR) is 78.6 cm³/mol. The van der Waals surface area contributed by atoms with Crippen LogP contribution in [-0.4, -0.2) is 22.1 Å². The molecule has 0 atom stereocenters. The third kappa shape index (κ3) is 3.39. The fraction of sp³-hybridized carbons (Fsp3) is 0.125. The number of methoxy groups -OCH3 is 1. The van der Waals surface area contributed by atoms with Gasteiger partial charge < -0.3 is 9.47 Å². The molecule has 1 heterocycles. The van der Waals surface area contributed by atoms with Gasteiger partial charge in [0.1, 0.15) is 11.5 Å². The highest BCUT2D eigenvalue weighted by Crippen LogP contribution is 2.18. The molecule has 106 valence electrons. The standard InChI is InChI=1S/C16H15N3O2/c1-20-14-9-7-13(8-10-14)11-19-12-16(17-18-19)21-15-5-3-2-4-6-15/h2-10,12H,11H2,1H3. The molecule has 0 aliphatic carbocycles. The number of nitrogens with zero attached hydrogens (tertiary/aromatic N) is 3. The average molecular weight is 281 g/mol. The van der Waals surface area contributed by atoms with Crippen LogP contribution < -0.4 is 9.47 Å². The van der Waals surface area contributed by atoms with Crippen molar-refractivity contribution >= 4 is 0 Å². The summed E-state index contributed by atoms with van der Waals surface area (Å²) >= 11 is 0. The minimum absolute atomic E-state index is 0.481. The average Bonchev–Trinajstić information content (AvgIpc) is 2.96. The highest BCUT2D eigenvalue weighted by Gasteiger charge is 2.04. The molecule has 0 saturated carbocycles. The van der Waals surface area contributed by atoms with Crippen LogP contribution in [0.1, 0.15) is 5.56 Å². The lowest BCUT2D eigenvalue weighted by Gasteiger charge is -2.03. The van der Waals surface area contributed by atoms with Gasteiger partial charge in [0.05, 0.1) is 19.9 Å². The van der Waals surface area contributed by atoms with E-state index in [1.165, 1.54) is 0 Å². The SMILES string of the molecule is COc1ccc(Cn2cc(Oc3ccccc3)nn2)cc1. The second kappa shape index (κ2) is 6.09. The lowest BCUT2D eigenvalue weighted by molar-refractivity contribution is 0.414. The van der Waals surface area contributed by atoms with Crippen molar-refractivity contribution in [3.8, 4) is 17.4 Å². The fourth-order valence-corrected chi connectivity index (χ4v) is 1.93. The van der Waals surface area contributed by atoms with Crippen molar-refractivity contribution < 1.29 is 9.47 Å². The van der Waals surface area contributed by atoms with Crippen LogP contribution in [0.4, 0.5) is 0 Å². The Labute approximate surface area is 122 Å². The van der Waals surface area contributed by atoms with E-state index in [-0.39, 0.29) is 0 Å². The Hall–Kier alpha value is -2.82. The number of hydrogen-bond donors (Lipinski definition) is 0. The van der Waals surface area contributed by atoms with Crippen LogP contribution in [0.2, 0.25) is 0 Å². The van der Waals surface area contributed by atoms with Gasteiger partial charge in [-0.3, -0.25) is 0 Å². The van der Waals surface area contributed by atoms with E-state index in [0.29, 0.717) is 12.4 Å². The summed E-state index contributed by atoms with van der Waals surface area (Å²) < 4.78 is 12.5. The molecule has 0 aliphatic rings. The zero-order valence-corrected chi connectivity index (χ0v) is 11.6. The second-order valence-electron chi connectivity index (χ2n) is 4.52. The van der Waals surface area contributed by atoms with E-state index >= 15 is 0 Å². The van der Waals surface area contributed by atoms with Crippen LogP contribution in [0.5, 0.6) is 17.4 Å². The van der Waals surface area contributed by atoms with E-state index in [1.807, 2.05) is 54.6 Å². The molecule has 0 N–H and O–H groups in total. The number of hydrogen-bond acceptors (Lipinski definition) is 4. The van der Waals surface area contributed by atoms with Gasteiger partial charge >= 0.3 is 0 Å². The van der Waals surface area contributed by atoms with Crippen LogP contribution in [0.15, 0.2) is 60.8 Å². The van der Waals surface area contributed by atoms with Crippen LogP contribution in [-0.2, 0) is 6.54 Å². The smallest absolute Gasteiger partial charge is 0.258 e. The van der Waals surface area contributed by atoms with Crippen molar-refractivity contribution in [3.05, 3.63) is 66.4 Å². The minimum Gasteiger partial charge on any atom is -0.497 e. The highest BCUT2D eigenvalue weighted by molar-refractivity contribution is 5.28. The molecule has 5 heteroatoms. The third-order valence-corrected chi connectivity index (χ3v) is 2.99. The molecule has 0 aliphatic heterocycles. The first kappa shape index (κ1) is 13.2. The Bertz CT molecular complexity index is 693. The zero-order valence-electron chi connectivity index (χ0n) is 11.6. The Morgan fingerprint density at radius 3 is 2.43 bits per heavy atom. The van der Waals surface area contributed by atoms with Gasteiger partial charge in [0.15, 0.2) is 0 Å². The van der Waals surface area contributed by atoms with Crippen LogP contribution in [0.3, 0.4) is 0 Å². The quantitative estimate of drug-likeness (QED) is 0.721. The van der Waals surface area contributed by atoms with E-state index in [1.54, 1.807) is 18.0 Å². The van der Waals surface area contributed by atoms with Crippen molar-refractivity contribution in [3.63, 3.8) is 0 Å². The van der Waals surface area contributed by atoms with Crippen molar-refractivity contribution in [1.82, 2.24) is 15.0 Å². The van der Waals surface area contributed by atoms with Gasteiger partial charge in [-0.1, -0.05) is 40.6 Å². The van der Waals surface area contributed by atoms with Gasteiger partial charge in [-0.15, -0.1) is 0 Å². The van der Waals surface area contributed by atoms with Gasteiger partial charge in [0.2, 0.25) is 0 Å². The summed E-state index contributed by atoms with van der Waals surface area (Å²) in [5, 5.41) is 8.07. The first-order valence-electron chi connectivity index (χ1n) is 6.59. The largest absolute Gasteiger partial charge is 0.497 e. The molecule has 0 unspecified atom stereocenters. The van der Waals surface area contributed by atoms with Crippen LogP contribution >= 0.6 is 0 Å². The Morgan fingerprint density at radius 1 is 0.952 bits per heavy atom. The second-order valence-corrected chi connectivity index (χ2v) is 4.52. The summed E-state index contributed by atoms with van der Waals surface area (Å²) in [7, 11) is 1.65. The molecular weight excluding hydrogens is 266 g/mol. The maximum Gasteiger partial charge on any atom is 0.258 e. The normalized spacial score (nSPS) is 10.3. The molecule has 0 spiro atoms. The first-order valence-corrected chi connectivity index (χ1v) is 6.59. The van der Waals surface area contributed by atoms with Gasteiger partial charge in [0, 0.05) is 0 Å². The fourth-order valence-electron chi connectivity index (χ4n) is 1.93. The maximum atomic E-state index is 5.62. The Kier molecular flexibility index (Phi) is 3.82. The number of rotatable bonds is 5. The molecule has 3 rings (SSSR count). The Morgan fingerprint density at radius 2 is 1.71 bits per heavy atom. The zero-order chi connectivity index (χ0) is 14.5. The predicted octanol–water partition coefficient (Wildman–Crippen LogP) is 3.13. The van der Waals surface area contributed by atoms with Gasteiger partial charge in [0.25, 0.3) is 5.88 Å². The molecule has 2 aromatic carbocycles. The third-order valence-electron chi connectivity index (χ3n) is 2.99. The molecule has 0 amide bonds. The monoisotopic (exact) mass is 281 g/mol. The van der Waals surface area contributed by atoms with Crippen molar-refractivity contribution in [2.24, 2.45) is 0 Å². The van der Waals surface area contributed by atoms with Crippen LogP contribution in [0, 0.1) is 0 Å². The molecule has 5 nitrogen and oxygen atoms in total. The first-order chi connectivity index (χ1) is 10.3. The Balaban J connectivity index is 1.67. The topological polar surface area (TPSA) is 49.2 Å². The van der Waals surface area contributed by atoms with E-state index in [0.717, 1.165) is 17.1 Å². The van der Waals surface area contributed by atoms with E-state index in [9.17, 15) is 0 Å². The van der Waals surface area contributed by atoms with Crippen molar-refractivity contribution in [2.75, 3.05) is 7.11 Å². The molecule has 3 aromatic rings. The summed E-state index contributed by atoms with van der Waals surface area (Å²) in [4.78, 5) is 0. The molecule has 0 radical (unpaired) electrons. The van der Waals surface area contributed by atoms with E-state index in [4.69, 9.17) is 9.47 Å². The maximum absolute atomic E-state index is 5.62. The summed E-state index contributed by atoms with van der Waals surface area (Å²) in [6.07, 6.45) is 1.78. The number of benzene rings is 2. The lowest BCUT2D eigenvalue weighted by atomic mass is 10.2. The molecule has 0 saturated heterocycles. The summed E-state index contributed by atoms with van der Waals surface area (Å²) in [5.74, 6) is 2.06. The molecule has 21 heavy (non-hydrogen) atoms. The molecule has 1 aromatic heterocycles. The van der Waals surface area contributed by atoms with Gasteiger partial charge in [-0.2, -0.15) is 0 Å². The van der Waals surface area contributed by atoms with Crippen molar-refractivity contribution in [2.45, 2.75) is 6.54 Å². The lowest BCUT2D eigenvalue weighted by Crippen LogP contribution is -2.00. The summed E-state index contributed by atoms with van der Waals surface area (Å²) in [5.41, 5.74) is 1.12. The van der Waals surface area contributed by atoms with Crippen molar-refractivity contribution in [1.29, 1.82) is 0 Å².